The summed E-state index contributed by atoms with van der Waals surface area (Å²) in [6, 6.07) is 3.77. The average Bonchev–Trinajstić information content (AvgIpc) is 2.35. The van der Waals surface area contributed by atoms with Crippen molar-refractivity contribution in [2.75, 3.05) is 0 Å². The molecule has 0 aliphatic rings. The van der Waals surface area contributed by atoms with E-state index in [1.54, 1.807) is 6.92 Å². The summed E-state index contributed by atoms with van der Waals surface area (Å²) >= 11 is 0. The second-order valence-electron chi connectivity index (χ2n) is 5.41. The lowest BCUT2D eigenvalue weighted by Gasteiger charge is -2.17. The third kappa shape index (κ3) is 4.54. The van der Waals surface area contributed by atoms with E-state index >= 15 is 0 Å². The van der Waals surface area contributed by atoms with Crippen LogP contribution in [0.1, 0.15) is 39.2 Å². The fourth-order valence-electron chi connectivity index (χ4n) is 1.96. The van der Waals surface area contributed by atoms with Crippen LogP contribution in [-0.4, -0.2) is 14.5 Å². The van der Waals surface area contributed by atoms with Gasteiger partial charge in [0.25, 0.3) is 0 Å². The summed E-state index contributed by atoms with van der Waals surface area (Å²) in [4.78, 5) is -0.0728. The Labute approximate surface area is 120 Å². The second kappa shape index (κ2) is 7.15. The van der Waals surface area contributed by atoms with E-state index < -0.39 is 15.8 Å². The lowest BCUT2D eigenvalue weighted by atomic mass is 10.1. The molecule has 1 atom stereocenters. The lowest BCUT2D eigenvalue weighted by molar-refractivity contribution is 0.484. The first-order chi connectivity index (χ1) is 9.27. The van der Waals surface area contributed by atoms with E-state index in [4.69, 9.17) is 5.73 Å². The van der Waals surface area contributed by atoms with E-state index in [0.717, 1.165) is 12.8 Å². The first-order valence-electron chi connectivity index (χ1n) is 6.77. The summed E-state index contributed by atoms with van der Waals surface area (Å²) in [5.74, 6) is -0.0825. The predicted molar refractivity (Wildman–Crippen MR) is 78.1 cm³/mol. The van der Waals surface area contributed by atoms with E-state index in [1.807, 2.05) is 0 Å². The van der Waals surface area contributed by atoms with Crippen molar-refractivity contribution in [3.8, 4) is 0 Å². The summed E-state index contributed by atoms with van der Waals surface area (Å²) in [6.45, 7) is 5.82. The quantitative estimate of drug-likeness (QED) is 0.812. The van der Waals surface area contributed by atoms with Gasteiger partial charge in [-0.1, -0.05) is 19.9 Å². The largest absolute Gasteiger partial charge is 0.326 e. The van der Waals surface area contributed by atoms with E-state index in [1.165, 1.54) is 18.2 Å². The molecule has 6 heteroatoms. The number of nitrogens with two attached hydrogens (primary N) is 1. The molecule has 20 heavy (non-hydrogen) atoms. The summed E-state index contributed by atoms with van der Waals surface area (Å²) < 4.78 is 40.8. The molecule has 0 fully saturated rings. The van der Waals surface area contributed by atoms with Crippen LogP contribution in [0.4, 0.5) is 4.39 Å². The molecule has 114 valence electrons. The Morgan fingerprint density at radius 2 is 1.90 bits per heavy atom. The van der Waals surface area contributed by atoms with Gasteiger partial charge in [0, 0.05) is 18.2 Å². The Morgan fingerprint density at radius 3 is 2.45 bits per heavy atom. The molecule has 1 unspecified atom stereocenters. The maximum absolute atomic E-state index is 13.6. The third-order valence-corrected chi connectivity index (χ3v) is 4.78. The summed E-state index contributed by atoms with van der Waals surface area (Å²) in [7, 11) is -3.74. The van der Waals surface area contributed by atoms with Crippen LogP contribution in [0.25, 0.3) is 0 Å². The molecule has 1 rings (SSSR count). The van der Waals surface area contributed by atoms with Crippen LogP contribution in [-0.2, 0) is 16.6 Å². The highest BCUT2D eigenvalue weighted by Crippen LogP contribution is 2.19. The van der Waals surface area contributed by atoms with Gasteiger partial charge in [0.2, 0.25) is 10.0 Å². The standard InChI is InChI=1S/C14H23FN2O2S/c1-10(2)7-8-11(3)17-20(18,19)14-6-4-5-13(15)12(14)9-16/h4-6,10-11,17H,7-9,16H2,1-3H3. The van der Waals surface area contributed by atoms with Crippen molar-refractivity contribution in [2.24, 2.45) is 11.7 Å². The van der Waals surface area contributed by atoms with Crippen LogP contribution < -0.4 is 10.5 Å². The number of rotatable bonds is 7. The van der Waals surface area contributed by atoms with Crippen LogP contribution >= 0.6 is 0 Å². The number of halogens is 1. The topological polar surface area (TPSA) is 72.2 Å². The first-order valence-corrected chi connectivity index (χ1v) is 8.26. The highest BCUT2D eigenvalue weighted by molar-refractivity contribution is 7.89. The maximum Gasteiger partial charge on any atom is 0.241 e. The molecule has 0 spiro atoms. The monoisotopic (exact) mass is 302 g/mol. The number of sulfonamides is 1. The molecule has 0 heterocycles. The summed E-state index contributed by atoms with van der Waals surface area (Å²) in [5, 5.41) is 0. The zero-order chi connectivity index (χ0) is 15.3. The summed E-state index contributed by atoms with van der Waals surface area (Å²) in [5.41, 5.74) is 5.47. The molecular weight excluding hydrogens is 279 g/mol. The SMILES string of the molecule is CC(C)CCC(C)NS(=O)(=O)c1cccc(F)c1CN. The minimum atomic E-state index is -3.74. The molecule has 4 nitrogen and oxygen atoms in total. The highest BCUT2D eigenvalue weighted by Gasteiger charge is 2.22. The molecular formula is C14H23FN2O2S. The fourth-order valence-corrected chi connectivity index (χ4v) is 3.50. The van der Waals surface area contributed by atoms with Crippen molar-refractivity contribution >= 4 is 10.0 Å². The Hall–Kier alpha value is -0.980. The van der Waals surface area contributed by atoms with Crippen molar-refractivity contribution < 1.29 is 12.8 Å². The Bertz CT molecular complexity index is 544. The van der Waals surface area contributed by atoms with E-state index in [0.29, 0.717) is 5.92 Å². The van der Waals surface area contributed by atoms with Gasteiger partial charge in [-0.15, -0.1) is 0 Å². The average molecular weight is 302 g/mol. The van der Waals surface area contributed by atoms with Gasteiger partial charge in [-0.25, -0.2) is 17.5 Å². The molecule has 3 N–H and O–H groups in total. The van der Waals surface area contributed by atoms with E-state index in [2.05, 4.69) is 18.6 Å². The van der Waals surface area contributed by atoms with Crippen molar-refractivity contribution in [3.63, 3.8) is 0 Å². The van der Waals surface area contributed by atoms with E-state index in [9.17, 15) is 12.8 Å². The van der Waals surface area contributed by atoms with Crippen LogP contribution in [0.15, 0.2) is 23.1 Å². The third-order valence-electron chi connectivity index (χ3n) is 3.10. The van der Waals surface area contributed by atoms with Crippen LogP contribution in [0.5, 0.6) is 0 Å². The van der Waals surface area contributed by atoms with Gasteiger partial charge >= 0.3 is 0 Å². The summed E-state index contributed by atoms with van der Waals surface area (Å²) in [6.07, 6.45) is 1.67. The van der Waals surface area contributed by atoms with Crippen molar-refractivity contribution in [2.45, 2.75) is 51.1 Å². The van der Waals surface area contributed by atoms with Crippen LogP contribution in [0.3, 0.4) is 0 Å². The normalized spacial score (nSPS) is 13.7. The van der Waals surface area contributed by atoms with Gasteiger partial charge in [-0.3, -0.25) is 0 Å². The Kier molecular flexibility index (Phi) is 6.10. The smallest absolute Gasteiger partial charge is 0.241 e. The fraction of sp³-hybridized carbons (Fsp3) is 0.571. The van der Waals surface area contributed by atoms with Gasteiger partial charge in [-0.05, 0) is 37.8 Å². The molecule has 1 aromatic carbocycles. The minimum Gasteiger partial charge on any atom is -0.326 e. The molecule has 0 aliphatic heterocycles. The van der Waals surface area contributed by atoms with Gasteiger partial charge in [0.15, 0.2) is 0 Å². The van der Waals surface area contributed by atoms with Gasteiger partial charge < -0.3 is 5.73 Å². The molecule has 0 amide bonds. The first kappa shape index (κ1) is 17.1. The number of benzene rings is 1. The molecule has 1 aromatic rings. The zero-order valence-electron chi connectivity index (χ0n) is 12.2. The van der Waals surface area contributed by atoms with Crippen LogP contribution in [0, 0.1) is 11.7 Å². The van der Waals surface area contributed by atoms with Crippen molar-refractivity contribution in [1.82, 2.24) is 4.72 Å². The van der Waals surface area contributed by atoms with E-state index in [-0.39, 0.29) is 23.0 Å². The van der Waals surface area contributed by atoms with Crippen molar-refractivity contribution in [1.29, 1.82) is 0 Å². The lowest BCUT2D eigenvalue weighted by Crippen LogP contribution is -2.33. The molecule has 0 aromatic heterocycles. The molecule has 0 radical (unpaired) electrons. The number of nitrogens with one attached hydrogen (secondary N) is 1. The highest BCUT2D eigenvalue weighted by atomic mass is 32.2. The maximum atomic E-state index is 13.6. The molecule has 0 aliphatic carbocycles. The molecule has 0 bridgehead atoms. The minimum absolute atomic E-state index is 0.0241. The molecule has 0 saturated heterocycles. The second-order valence-corrected chi connectivity index (χ2v) is 7.10. The van der Waals surface area contributed by atoms with Gasteiger partial charge in [0.05, 0.1) is 4.90 Å². The Morgan fingerprint density at radius 1 is 1.25 bits per heavy atom. The van der Waals surface area contributed by atoms with Gasteiger partial charge in [0.1, 0.15) is 5.82 Å². The van der Waals surface area contributed by atoms with Crippen molar-refractivity contribution in [3.05, 3.63) is 29.6 Å². The van der Waals surface area contributed by atoms with Gasteiger partial charge in [-0.2, -0.15) is 0 Å². The zero-order valence-corrected chi connectivity index (χ0v) is 13.0. The molecule has 0 saturated carbocycles. The number of hydrogen-bond donors (Lipinski definition) is 2. The Balaban J connectivity index is 2.92. The predicted octanol–water partition coefficient (Wildman–Crippen LogP) is 2.39. The van der Waals surface area contributed by atoms with Crippen LogP contribution in [0.2, 0.25) is 0 Å². The number of hydrogen-bond acceptors (Lipinski definition) is 3.